The summed E-state index contributed by atoms with van der Waals surface area (Å²) < 4.78 is 4.68. The fourth-order valence-corrected chi connectivity index (χ4v) is 5.88. The number of rotatable bonds is 1. The molecule has 0 amide bonds. The summed E-state index contributed by atoms with van der Waals surface area (Å²) in [4.78, 5) is 0. The fourth-order valence-electron chi connectivity index (χ4n) is 5.88. The Balaban J connectivity index is 2.02. The van der Waals surface area contributed by atoms with E-state index in [1.807, 2.05) is 0 Å². The predicted molar refractivity (Wildman–Crippen MR) is 137 cm³/mol. The van der Waals surface area contributed by atoms with Crippen LogP contribution in [0.1, 0.15) is 43.0 Å². The summed E-state index contributed by atoms with van der Waals surface area (Å²) in [6.07, 6.45) is 3.19. The van der Waals surface area contributed by atoms with Gasteiger partial charge in [-0.05, 0) is 59.9 Å². The van der Waals surface area contributed by atoms with Crippen LogP contribution in [0.4, 0.5) is 0 Å². The van der Waals surface area contributed by atoms with Crippen molar-refractivity contribution >= 4 is 49.0 Å². The normalized spacial score (nSPS) is 12.6. The van der Waals surface area contributed by atoms with Crippen LogP contribution >= 0.6 is 0 Å². The van der Waals surface area contributed by atoms with Gasteiger partial charge in [0.05, 0.1) is 32.9 Å². The highest BCUT2D eigenvalue weighted by molar-refractivity contribution is 6.27. The average molecular weight is 431 g/mol. The van der Waals surface area contributed by atoms with Gasteiger partial charge in [-0.15, -0.1) is 0 Å². The molecule has 0 bridgehead atoms. The zero-order valence-corrected chi connectivity index (χ0v) is 20.2. The highest BCUT2D eigenvalue weighted by atomic mass is 15.0. The third-order valence-electron chi connectivity index (χ3n) is 7.27. The van der Waals surface area contributed by atoms with Crippen LogP contribution in [0.15, 0.2) is 48.7 Å². The number of hydrogen-bond donors (Lipinski definition) is 0. The first-order valence-electron chi connectivity index (χ1n) is 11.6. The van der Waals surface area contributed by atoms with Crippen LogP contribution in [0, 0.1) is 30.6 Å². The molecule has 162 valence electrons. The Labute approximate surface area is 193 Å². The Morgan fingerprint density at radius 1 is 0.939 bits per heavy atom. The molecule has 3 heterocycles. The fraction of sp³-hybridized carbons (Fsp3) is 0.267. The zero-order chi connectivity index (χ0) is 23.2. The third kappa shape index (κ3) is 2.58. The summed E-state index contributed by atoms with van der Waals surface area (Å²) in [6.45, 7) is 11.2. The molecule has 6 rings (SSSR count). The van der Waals surface area contributed by atoms with Gasteiger partial charge >= 0.3 is 0 Å². The lowest BCUT2D eigenvalue weighted by Crippen LogP contribution is -2.29. The van der Waals surface area contributed by atoms with Gasteiger partial charge in [-0.25, -0.2) is 4.57 Å². The van der Waals surface area contributed by atoms with Crippen molar-refractivity contribution in [1.29, 1.82) is 5.26 Å². The molecule has 0 spiro atoms. The van der Waals surface area contributed by atoms with Crippen LogP contribution in [-0.2, 0) is 13.5 Å². The molecule has 0 aliphatic heterocycles. The number of nitrogens with zero attached hydrogens (tertiary/aromatic N) is 3. The minimum Gasteiger partial charge on any atom is -0.307 e. The first kappa shape index (κ1) is 20.0. The number of benzene rings is 3. The number of fused-ring (bicyclic) bond motifs is 5. The van der Waals surface area contributed by atoms with E-state index in [0.717, 1.165) is 28.3 Å². The summed E-state index contributed by atoms with van der Waals surface area (Å²) >= 11 is 0. The maximum absolute atomic E-state index is 10.2. The van der Waals surface area contributed by atoms with Crippen molar-refractivity contribution < 1.29 is 4.57 Å². The summed E-state index contributed by atoms with van der Waals surface area (Å²) in [7, 11) is 2.14. The molecule has 0 N–H and O–H groups in total. The van der Waals surface area contributed by atoms with Gasteiger partial charge < -0.3 is 4.40 Å². The molecule has 0 aliphatic rings. The molecule has 3 heteroatoms. The Morgan fingerprint density at radius 2 is 1.70 bits per heavy atom. The Kier molecular flexibility index (Phi) is 3.91. The summed E-state index contributed by atoms with van der Waals surface area (Å²) in [6, 6.07) is 18.1. The smallest absolute Gasteiger partial charge is 0.224 e. The van der Waals surface area contributed by atoms with Crippen molar-refractivity contribution in [1.82, 2.24) is 4.40 Å². The summed E-state index contributed by atoms with van der Waals surface area (Å²) in [5.74, 6) is 0. The van der Waals surface area contributed by atoms with E-state index in [1.54, 1.807) is 0 Å². The van der Waals surface area contributed by atoms with Crippen LogP contribution in [0.3, 0.4) is 0 Å². The van der Waals surface area contributed by atoms with Gasteiger partial charge in [-0.3, -0.25) is 0 Å². The van der Waals surface area contributed by atoms with Gasteiger partial charge in [-0.2, -0.15) is 5.26 Å². The molecule has 0 saturated heterocycles. The van der Waals surface area contributed by atoms with E-state index in [0.29, 0.717) is 0 Å². The lowest BCUT2D eigenvalue weighted by atomic mass is 9.86. The first-order chi connectivity index (χ1) is 15.7. The van der Waals surface area contributed by atoms with Gasteiger partial charge in [0.2, 0.25) is 5.52 Å². The highest BCUT2D eigenvalue weighted by Crippen LogP contribution is 2.43. The predicted octanol–water partition coefficient (Wildman–Crippen LogP) is 6.89. The SMILES string of the molecule is Cc1c(C#N)c2c3ccccc3n3c4cc(CC(C)(C)C)cc5cc[n+](C)c(c(c1C)c23)c54. The minimum absolute atomic E-state index is 0.199. The van der Waals surface area contributed by atoms with Crippen molar-refractivity contribution in [2.24, 2.45) is 12.5 Å². The number of aryl methyl sites for hydroxylation is 2. The number of aromatic nitrogens is 2. The topological polar surface area (TPSA) is 32.1 Å². The van der Waals surface area contributed by atoms with Gasteiger partial charge in [0, 0.05) is 16.8 Å². The number of para-hydroxylation sites is 1. The molecule has 0 unspecified atom stereocenters. The number of hydrogen-bond acceptors (Lipinski definition) is 1. The summed E-state index contributed by atoms with van der Waals surface area (Å²) in [5, 5.41) is 16.3. The van der Waals surface area contributed by atoms with Crippen molar-refractivity contribution in [3.05, 3.63) is 70.9 Å². The van der Waals surface area contributed by atoms with Crippen LogP contribution < -0.4 is 4.57 Å². The third-order valence-corrected chi connectivity index (χ3v) is 7.27. The molecule has 33 heavy (non-hydrogen) atoms. The van der Waals surface area contributed by atoms with E-state index in [2.05, 4.69) is 105 Å². The minimum atomic E-state index is 0.199. The van der Waals surface area contributed by atoms with Crippen LogP contribution in [0.25, 0.3) is 49.0 Å². The molecule has 3 aromatic heterocycles. The molecule has 0 atom stereocenters. The lowest BCUT2D eigenvalue weighted by Gasteiger charge is -2.20. The Bertz CT molecular complexity index is 1800. The monoisotopic (exact) mass is 430 g/mol. The zero-order valence-electron chi connectivity index (χ0n) is 20.2. The molecule has 0 radical (unpaired) electrons. The van der Waals surface area contributed by atoms with E-state index in [4.69, 9.17) is 0 Å². The molecule has 0 aliphatic carbocycles. The molecule has 3 nitrogen and oxygen atoms in total. The molecule has 0 fully saturated rings. The highest BCUT2D eigenvalue weighted by Gasteiger charge is 2.27. The Hall–Kier alpha value is -3.64. The number of pyridine rings is 2. The van der Waals surface area contributed by atoms with E-state index in [9.17, 15) is 5.26 Å². The molecular formula is C30H28N3+. The second-order valence-electron chi connectivity index (χ2n) is 10.8. The molecule has 0 saturated carbocycles. The quantitative estimate of drug-likeness (QED) is 0.159. The van der Waals surface area contributed by atoms with Gasteiger partial charge in [0.25, 0.3) is 0 Å². The maximum Gasteiger partial charge on any atom is 0.224 e. The second kappa shape index (κ2) is 6.45. The molecule has 3 aromatic carbocycles. The van der Waals surface area contributed by atoms with Crippen molar-refractivity contribution in [3.63, 3.8) is 0 Å². The van der Waals surface area contributed by atoms with Crippen LogP contribution in [0.5, 0.6) is 0 Å². The van der Waals surface area contributed by atoms with Gasteiger partial charge in [0.15, 0.2) is 6.20 Å². The standard InChI is InChI=1S/C30H28N3/c1-17-18(2)25-28-26-20(11-12-32(28)6)13-19(15-30(3,4)5)14-24(26)33-23-10-8-7-9-21(23)27(29(25)33)22(17)16-31/h7-14H,15H2,1-6H3/q+1. The largest absolute Gasteiger partial charge is 0.307 e. The van der Waals surface area contributed by atoms with E-state index < -0.39 is 0 Å². The van der Waals surface area contributed by atoms with E-state index in [-0.39, 0.29) is 5.41 Å². The van der Waals surface area contributed by atoms with Crippen molar-refractivity contribution in [2.45, 2.75) is 41.0 Å². The van der Waals surface area contributed by atoms with Crippen LogP contribution in [-0.4, -0.2) is 4.40 Å². The second-order valence-corrected chi connectivity index (χ2v) is 10.8. The Morgan fingerprint density at radius 3 is 2.42 bits per heavy atom. The van der Waals surface area contributed by atoms with Crippen LogP contribution in [0.2, 0.25) is 0 Å². The van der Waals surface area contributed by atoms with E-state index >= 15 is 0 Å². The van der Waals surface area contributed by atoms with Gasteiger partial charge in [0.1, 0.15) is 13.1 Å². The van der Waals surface area contributed by atoms with Crippen molar-refractivity contribution in [3.8, 4) is 6.07 Å². The average Bonchev–Trinajstić information content (AvgIpc) is 3.10. The number of nitriles is 1. The molecule has 6 aromatic rings. The van der Waals surface area contributed by atoms with Crippen molar-refractivity contribution in [2.75, 3.05) is 0 Å². The maximum atomic E-state index is 10.2. The van der Waals surface area contributed by atoms with E-state index in [1.165, 1.54) is 49.4 Å². The van der Waals surface area contributed by atoms with Gasteiger partial charge in [-0.1, -0.05) is 45.0 Å². The lowest BCUT2D eigenvalue weighted by molar-refractivity contribution is -0.643. The molecular weight excluding hydrogens is 402 g/mol. The first-order valence-corrected chi connectivity index (χ1v) is 11.6. The summed E-state index contributed by atoms with van der Waals surface area (Å²) in [5.41, 5.74) is 9.42.